The largest absolute Gasteiger partial charge is 0.299 e. The number of benzene rings is 1. The molecule has 0 saturated heterocycles. The predicted molar refractivity (Wildman–Crippen MR) is 92.8 cm³/mol. The van der Waals surface area contributed by atoms with E-state index in [2.05, 4.69) is 18.2 Å². The van der Waals surface area contributed by atoms with Crippen molar-refractivity contribution in [1.29, 1.82) is 0 Å². The molecule has 0 amide bonds. The van der Waals surface area contributed by atoms with Gasteiger partial charge in [0.05, 0.1) is 0 Å². The van der Waals surface area contributed by atoms with Crippen LogP contribution < -0.4 is 0 Å². The summed E-state index contributed by atoms with van der Waals surface area (Å²) in [4.78, 5) is 13.2. The quantitative estimate of drug-likeness (QED) is 0.643. The van der Waals surface area contributed by atoms with Crippen LogP contribution in [0.25, 0.3) is 0 Å². The molecule has 7 aliphatic carbocycles. The second-order valence-corrected chi connectivity index (χ2v) is 9.66. The first-order chi connectivity index (χ1) is 11.7. The first kappa shape index (κ1) is 12.9. The van der Waals surface area contributed by atoms with Crippen molar-refractivity contribution in [1.82, 2.24) is 0 Å². The van der Waals surface area contributed by atoms with Gasteiger partial charge in [-0.25, -0.2) is 0 Å². The van der Waals surface area contributed by atoms with Crippen molar-refractivity contribution in [3.8, 4) is 0 Å². The number of hydrogen-bond donors (Lipinski definition) is 0. The number of Topliss-reactive ketones (excluding diaryl/α,β-unsaturated/α-hetero) is 1. The van der Waals surface area contributed by atoms with Crippen molar-refractivity contribution in [2.45, 2.75) is 63.2 Å². The Labute approximate surface area is 143 Å². The maximum atomic E-state index is 13.2. The van der Waals surface area contributed by atoms with Crippen LogP contribution in [0.15, 0.2) is 29.3 Å². The highest BCUT2D eigenvalue weighted by Gasteiger charge is 2.65. The third-order valence-corrected chi connectivity index (χ3v) is 9.15. The summed E-state index contributed by atoms with van der Waals surface area (Å²) in [6.07, 6.45) is 11.2. The van der Waals surface area contributed by atoms with Gasteiger partial charge in [-0.15, -0.1) is 0 Å². The normalized spacial score (nSPS) is 46.3. The van der Waals surface area contributed by atoms with Crippen LogP contribution in [0.2, 0.25) is 0 Å². The molecule has 0 N–H and O–H groups in total. The summed E-state index contributed by atoms with van der Waals surface area (Å²) in [5, 5.41) is 0. The summed E-state index contributed by atoms with van der Waals surface area (Å²) in [5.74, 6) is 2.48. The summed E-state index contributed by atoms with van der Waals surface area (Å²) in [7, 11) is 0. The van der Waals surface area contributed by atoms with E-state index < -0.39 is 0 Å². The van der Waals surface area contributed by atoms with E-state index in [-0.39, 0.29) is 5.41 Å². The molecule has 1 nitrogen and oxygen atoms in total. The first-order valence-electron chi connectivity index (χ1n) is 10.1. The summed E-state index contributed by atoms with van der Waals surface area (Å²) < 4.78 is 0. The summed E-state index contributed by atoms with van der Waals surface area (Å²) >= 11 is 0. The lowest BCUT2D eigenvalue weighted by molar-refractivity contribution is -0.126. The van der Waals surface area contributed by atoms with Crippen LogP contribution in [-0.2, 0) is 23.1 Å². The second kappa shape index (κ2) is 3.74. The van der Waals surface area contributed by atoms with Crippen molar-refractivity contribution >= 4 is 5.78 Å². The standard InChI is InChI=1S/C23H24O/c24-19-11-14-1-2-17-9-16(14)10-18(19)23-8-5-15(12-23)21-20(23)13-3-6-22(17,21)7-4-13/h1-2,9,13,15,18H,3-8,10-12H2. The number of ketones is 1. The molecule has 24 heavy (non-hydrogen) atoms. The Morgan fingerprint density at radius 3 is 2.62 bits per heavy atom. The molecule has 122 valence electrons. The predicted octanol–water partition coefficient (Wildman–Crippen LogP) is 4.52. The van der Waals surface area contributed by atoms with E-state index in [4.69, 9.17) is 0 Å². The molecule has 0 aliphatic heterocycles. The van der Waals surface area contributed by atoms with Crippen LogP contribution in [0.1, 0.15) is 61.6 Å². The molecule has 7 aliphatic rings. The van der Waals surface area contributed by atoms with Crippen LogP contribution in [0.4, 0.5) is 0 Å². The Balaban J connectivity index is 1.65. The van der Waals surface area contributed by atoms with Gasteiger partial charge >= 0.3 is 0 Å². The molecular formula is C23H24O. The molecule has 0 heterocycles. The van der Waals surface area contributed by atoms with E-state index in [9.17, 15) is 4.79 Å². The third kappa shape index (κ3) is 1.16. The third-order valence-electron chi connectivity index (χ3n) is 9.15. The highest BCUT2D eigenvalue weighted by atomic mass is 16.1. The van der Waals surface area contributed by atoms with Crippen LogP contribution in [0.5, 0.6) is 0 Å². The van der Waals surface area contributed by atoms with E-state index in [0.29, 0.717) is 23.5 Å². The topological polar surface area (TPSA) is 17.1 Å². The van der Waals surface area contributed by atoms with Crippen molar-refractivity contribution in [2.24, 2.45) is 23.2 Å². The summed E-state index contributed by atoms with van der Waals surface area (Å²) in [6, 6.07) is 7.27. The van der Waals surface area contributed by atoms with Crippen LogP contribution >= 0.6 is 0 Å². The number of carbonyl (C=O) groups excluding carboxylic acids is 1. The van der Waals surface area contributed by atoms with Gasteiger partial charge in [0.15, 0.2) is 0 Å². The minimum atomic E-state index is 0.276. The first-order valence-corrected chi connectivity index (χ1v) is 10.1. The van der Waals surface area contributed by atoms with E-state index in [1.165, 1.54) is 56.1 Å². The van der Waals surface area contributed by atoms with Gasteiger partial charge in [0.2, 0.25) is 0 Å². The molecular weight excluding hydrogens is 292 g/mol. The lowest BCUT2D eigenvalue weighted by Crippen LogP contribution is -2.46. The van der Waals surface area contributed by atoms with E-state index in [1.807, 2.05) is 11.1 Å². The maximum Gasteiger partial charge on any atom is 0.141 e. The fourth-order valence-corrected chi connectivity index (χ4v) is 8.38. The molecule has 8 rings (SSSR count). The molecule has 3 unspecified atom stereocenters. The zero-order valence-corrected chi connectivity index (χ0v) is 14.2. The monoisotopic (exact) mass is 316 g/mol. The average Bonchev–Trinajstić information content (AvgIpc) is 3.20. The SMILES string of the molecule is O=C1Cc2ccc3cc2CC1C12CCC(C1)C1=C2C2CCC13CC2. The summed E-state index contributed by atoms with van der Waals surface area (Å²) in [6.45, 7) is 0. The van der Waals surface area contributed by atoms with Gasteiger partial charge in [-0.05, 0) is 79.9 Å². The Hall–Kier alpha value is -1.37. The second-order valence-electron chi connectivity index (χ2n) is 9.66. The Morgan fingerprint density at radius 1 is 0.917 bits per heavy atom. The Morgan fingerprint density at radius 2 is 1.75 bits per heavy atom. The average molecular weight is 316 g/mol. The molecule has 2 saturated carbocycles. The van der Waals surface area contributed by atoms with Gasteiger partial charge in [-0.2, -0.15) is 0 Å². The van der Waals surface area contributed by atoms with Gasteiger partial charge in [-0.1, -0.05) is 29.3 Å². The van der Waals surface area contributed by atoms with Crippen LogP contribution in [0, 0.1) is 23.2 Å². The zero-order chi connectivity index (χ0) is 15.7. The maximum absolute atomic E-state index is 13.2. The molecule has 9 bridgehead atoms. The van der Waals surface area contributed by atoms with E-state index in [1.54, 1.807) is 5.56 Å². The molecule has 2 spiro atoms. The molecule has 3 atom stereocenters. The fourth-order valence-electron chi connectivity index (χ4n) is 8.38. The number of hydrogen-bond acceptors (Lipinski definition) is 1. The highest BCUT2D eigenvalue weighted by molar-refractivity contribution is 5.87. The lowest BCUT2D eigenvalue weighted by Gasteiger charge is -2.54. The number of fused-ring (bicyclic) bond motifs is 5. The fraction of sp³-hybridized carbons (Fsp3) is 0.609. The van der Waals surface area contributed by atoms with Crippen molar-refractivity contribution in [3.05, 3.63) is 46.0 Å². The van der Waals surface area contributed by atoms with Crippen molar-refractivity contribution in [3.63, 3.8) is 0 Å². The molecule has 0 radical (unpaired) electrons. The lowest BCUT2D eigenvalue weighted by atomic mass is 9.50. The molecule has 1 aromatic carbocycles. The Kier molecular flexibility index (Phi) is 2.01. The van der Waals surface area contributed by atoms with Gasteiger partial charge in [-0.3, -0.25) is 4.79 Å². The van der Waals surface area contributed by atoms with Crippen molar-refractivity contribution in [2.75, 3.05) is 0 Å². The zero-order valence-electron chi connectivity index (χ0n) is 14.2. The smallest absolute Gasteiger partial charge is 0.141 e. The molecule has 1 heteroatoms. The van der Waals surface area contributed by atoms with Crippen LogP contribution in [0.3, 0.4) is 0 Å². The minimum Gasteiger partial charge on any atom is -0.299 e. The van der Waals surface area contributed by atoms with Gasteiger partial charge in [0, 0.05) is 23.2 Å². The van der Waals surface area contributed by atoms with E-state index >= 15 is 0 Å². The van der Waals surface area contributed by atoms with Gasteiger partial charge in [0.25, 0.3) is 0 Å². The number of carbonyl (C=O) groups is 1. The Bertz CT molecular complexity index is 851. The van der Waals surface area contributed by atoms with E-state index in [0.717, 1.165) is 18.3 Å². The number of allylic oxidation sites excluding steroid dienone is 2. The van der Waals surface area contributed by atoms with Gasteiger partial charge < -0.3 is 0 Å². The molecule has 2 fully saturated rings. The molecule has 0 aromatic heterocycles. The summed E-state index contributed by atoms with van der Waals surface area (Å²) in [5.41, 5.74) is 8.82. The van der Waals surface area contributed by atoms with Gasteiger partial charge in [0.1, 0.15) is 5.78 Å². The number of rotatable bonds is 0. The van der Waals surface area contributed by atoms with Crippen molar-refractivity contribution < 1.29 is 4.79 Å². The highest BCUT2D eigenvalue weighted by Crippen LogP contribution is 2.73. The molecule has 1 aromatic rings. The van der Waals surface area contributed by atoms with Crippen LogP contribution in [-0.4, -0.2) is 5.78 Å². The minimum absolute atomic E-state index is 0.276.